The Bertz CT molecular complexity index is 1160. The van der Waals surface area contributed by atoms with Crippen LogP contribution in [0.3, 0.4) is 0 Å². The predicted molar refractivity (Wildman–Crippen MR) is 115 cm³/mol. The van der Waals surface area contributed by atoms with Gasteiger partial charge in [-0.05, 0) is 73.2 Å². The molecule has 0 saturated carbocycles. The van der Waals surface area contributed by atoms with Crippen molar-refractivity contribution in [1.82, 2.24) is 9.97 Å². The largest absolute Gasteiger partial charge is 0.497 e. The fourth-order valence-electron chi connectivity index (χ4n) is 3.06. The highest BCUT2D eigenvalue weighted by molar-refractivity contribution is 6.05. The van der Waals surface area contributed by atoms with Crippen LogP contribution in [0.25, 0.3) is 10.9 Å². The van der Waals surface area contributed by atoms with Gasteiger partial charge in [-0.3, -0.25) is 9.78 Å². The number of nitrogens with one attached hydrogen (secondary N) is 2. The number of carbonyl (C=O) groups is 1. The van der Waals surface area contributed by atoms with Crippen LogP contribution < -0.4 is 15.4 Å². The highest BCUT2D eigenvalue weighted by Gasteiger charge is 2.09. The van der Waals surface area contributed by atoms with Crippen molar-refractivity contribution < 1.29 is 9.53 Å². The Morgan fingerprint density at radius 1 is 1.00 bits per heavy atom. The van der Waals surface area contributed by atoms with Crippen molar-refractivity contribution in [2.24, 2.45) is 0 Å². The molecule has 0 aliphatic carbocycles. The summed E-state index contributed by atoms with van der Waals surface area (Å²) in [7, 11) is 1.64. The molecule has 1 amide bonds. The molecule has 0 spiro atoms. The minimum absolute atomic E-state index is 0.194. The Balaban J connectivity index is 1.57. The number of aromatic nitrogens is 2. The van der Waals surface area contributed by atoms with Crippen LogP contribution in [-0.4, -0.2) is 23.0 Å². The van der Waals surface area contributed by atoms with E-state index >= 15 is 0 Å². The lowest BCUT2D eigenvalue weighted by Crippen LogP contribution is -2.12. The van der Waals surface area contributed by atoms with Crippen molar-refractivity contribution in [3.05, 3.63) is 84.2 Å². The molecule has 144 valence electrons. The van der Waals surface area contributed by atoms with Crippen molar-refractivity contribution in [2.45, 2.75) is 6.92 Å². The third kappa shape index (κ3) is 4.16. The van der Waals surface area contributed by atoms with Gasteiger partial charge in [0.05, 0.1) is 18.2 Å². The van der Waals surface area contributed by atoms with E-state index in [1.54, 1.807) is 31.6 Å². The highest BCUT2D eigenvalue weighted by atomic mass is 16.5. The topological polar surface area (TPSA) is 76.1 Å². The summed E-state index contributed by atoms with van der Waals surface area (Å²) in [5.74, 6) is 1.37. The summed E-state index contributed by atoms with van der Waals surface area (Å²) in [6, 6.07) is 18.8. The van der Waals surface area contributed by atoms with Crippen LogP contribution in [0.4, 0.5) is 17.2 Å². The van der Waals surface area contributed by atoms with Crippen LogP contribution in [0.5, 0.6) is 5.75 Å². The number of benzene rings is 2. The molecule has 2 aromatic carbocycles. The fraction of sp³-hybridized carbons (Fsp3) is 0.0870. The maximum atomic E-state index is 12.4. The van der Waals surface area contributed by atoms with Crippen LogP contribution >= 0.6 is 0 Å². The number of hydrogen-bond acceptors (Lipinski definition) is 5. The van der Waals surface area contributed by atoms with Crippen molar-refractivity contribution in [3.63, 3.8) is 0 Å². The zero-order valence-electron chi connectivity index (χ0n) is 16.1. The average molecular weight is 384 g/mol. The lowest BCUT2D eigenvalue weighted by molar-refractivity contribution is 0.102. The van der Waals surface area contributed by atoms with Crippen molar-refractivity contribution in [3.8, 4) is 5.75 Å². The van der Waals surface area contributed by atoms with Gasteiger partial charge >= 0.3 is 0 Å². The van der Waals surface area contributed by atoms with Gasteiger partial charge in [0.25, 0.3) is 5.91 Å². The first-order valence-electron chi connectivity index (χ1n) is 9.16. The highest BCUT2D eigenvalue weighted by Crippen LogP contribution is 2.26. The predicted octanol–water partition coefficient (Wildman–Crippen LogP) is 4.94. The molecule has 29 heavy (non-hydrogen) atoms. The Hall–Kier alpha value is -3.93. The monoisotopic (exact) mass is 384 g/mol. The average Bonchev–Trinajstić information content (AvgIpc) is 2.75. The number of fused-ring (bicyclic) bond motifs is 1. The number of anilines is 3. The lowest BCUT2D eigenvalue weighted by Gasteiger charge is -2.11. The number of ether oxygens (including phenoxy) is 1. The second kappa shape index (κ2) is 7.98. The van der Waals surface area contributed by atoms with Crippen molar-refractivity contribution in [1.29, 1.82) is 0 Å². The first kappa shape index (κ1) is 18.4. The van der Waals surface area contributed by atoms with Gasteiger partial charge < -0.3 is 15.4 Å². The summed E-state index contributed by atoms with van der Waals surface area (Å²) in [4.78, 5) is 21.0. The first-order chi connectivity index (χ1) is 14.1. The van der Waals surface area contributed by atoms with Crippen LogP contribution in [0, 0.1) is 6.92 Å². The fourth-order valence-corrected chi connectivity index (χ4v) is 3.06. The van der Waals surface area contributed by atoms with E-state index in [0.29, 0.717) is 11.3 Å². The van der Waals surface area contributed by atoms with Crippen molar-refractivity contribution in [2.75, 3.05) is 17.7 Å². The summed E-state index contributed by atoms with van der Waals surface area (Å²) in [5, 5.41) is 7.20. The molecule has 6 nitrogen and oxygen atoms in total. The molecule has 2 heterocycles. The quantitative estimate of drug-likeness (QED) is 0.509. The first-order valence-corrected chi connectivity index (χ1v) is 9.16. The van der Waals surface area contributed by atoms with E-state index in [1.807, 2.05) is 55.5 Å². The van der Waals surface area contributed by atoms with Gasteiger partial charge in [-0.1, -0.05) is 0 Å². The lowest BCUT2D eigenvalue weighted by atomic mass is 10.1. The zero-order valence-corrected chi connectivity index (χ0v) is 16.1. The smallest absolute Gasteiger partial charge is 0.257 e. The second-order valence-electron chi connectivity index (χ2n) is 6.61. The Kier molecular flexibility index (Phi) is 5.07. The maximum absolute atomic E-state index is 12.4. The molecule has 4 aromatic rings. The number of hydrogen-bond donors (Lipinski definition) is 2. The van der Waals surface area contributed by atoms with E-state index in [9.17, 15) is 4.79 Å². The normalized spacial score (nSPS) is 10.6. The van der Waals surface area contributed by atoms with Crippen LogP contribution in [0.2, 0.25) is 0 Å². The summed E-state index contributed by atoms with van der Waals surface area (Å²) in [6.07, 6.45) is 3.18. The summed E-state index contributed by atoms with van der Waals surface area (Å²) in [6.45, 7) is 2.02. The summed E-state index contributed by atoms with van der Waals surface area (Å²) >= 11 is 0. The molecule has 0 aliphatic heterocycles. The minimum atomic E-state index is -0.194. The molecule has 2 N–H and O–H groups in total. The number of rotatable bonds is 5. The molecule has 0 aliphatic rings. The molecule has 0 radical (unpaired) electrons. The molecular weight excluding hydrogens is 364 g/mol. The standard InChI is InChI=1S/C23H20N4O2/c1-15-12-22(25-17-5-8-19(29-2)9-6-17)27-21-10-7-18(13-20(15)21)26-23(28)16-4-3-11-24-14-16/h3-14H,1-2H3,(H,25,27)(H,26,28). The Morgan fingerprint density at radius 2 is 1.79 bits per heavy atom. The molecule has 0 fully saturated rings. The van der Waals surface area contributed by atoms with E-state index in [2.05, 4.69) is 20.6 Å². The third-order valence-corrected chi connectivity index (χ3v) is 4.56. The summed E-state index contributed by atoms with van der Waals surface area (Å²) < 4.78 is 5.19. The SMILES string of the molecule is COc1ccc(Nc2cc(C)c3cc(NC(=O)c4cccnc4)ccc3n2)cc1. The van der Waals surface area contributed by atoms with Gasteiger partial charge in [0.15, 0.2) is 0 Å². The van der Waals surface area contributed by atoms with Gasteiger partial charge in [0, 0.05) is 29.2 Å². The number of aryl methyl sites for hydroxylation is 1. The molecule has 4 rings (SSSR count). The summed E-state index contributed by atoms with van der Waals surface area (Å²) in [5.41, 5.74) is 4.06. The third-order valence-electron chi connectivity index (χ3n) is 4.56. The molecule has 0 atom stereocenters. The van der Waals surface area contributed by atoms with Gasteiger partial charge in [-0.15, -0.1) is 0 Å². The van der Waals surface area contributed by atoms with E-state index in [0.717, 1.165) is 33.7 Å². The molecule has 0 saturated heterocycles. The minimum Gasteiger partial charge on any atom is -0.497 e. The second-order valence-corrected chi connectivity index (χ2v) is 6.61. The van der Waals surface area contributed by atoms with Crippen LogP contribution in [0.15, 0.2) is 73.1 Å². The molecule has 6 heteroatoms. The molecule has 0 unspecified atom stereocenters. The van der Waals surface area contributed by atoms with Crippen LogP contribution in [-0.2, 0) is 0 Å². The molecule has 2 aromatic heterocycles. The Labute approximate surface area is 168 Å². The molecule has 0 bridgehead atoms. The van der Waals surface area contributed by atoms with E-state index < -0.39 is 0 Å². The Morgan fingerprint density at radius 3 is 2.52 bits per heavy atom. The van der Waals surface area contributed by atoms with E-state index in [4.69, 9.17) is 4.74 Å². The van der Waals surface area contributed by atoms with Crippen molar-refractivity contribution >= 4 is 34.0 Å². The zero-order chi connectivity index (χ0) is 20.2. The number of methoxy groups -OCH3 is 1. The number of pyridine rings is 2. The number of carbonyl (C=O) groups excluding carboxylic acids is 1. The number of nitrogens with zero attached hydrogens (tertiary/aromatic N) is 2. The van der Waals surface area contributed by atoms with Crippen LogP contribution in [0.1, 0.15) is 15.9 Å². The van der Waals surface area contributed by atoms with Gasteiger partial charge in [-0.2, -0.15) is 0 Å². The maximum Gasteiger partial charge on any atom is 0.257 e. The van der Waals surface area contributed by atoms with Gasteiger partial charge in [-0.25, -0.2) is 4.98 Å². The van der Waals surface area contributed by atoms with Gasteiger partial charge in [0.1, 0.15) is 11.6 Å². The van der Waals surface area contributed by atoms with E-state index in [1.165, 1.54) is 0 Å². The number of amides is 1. The van der Waals surface area contributed by atoms with Gasteiger partial charge in [0.2, 0.25) is 0 Å². The van der Waals surface area contributed by atoms with E-state index in [-0.39, 0.29) is 5.91 Å². The molecular formula is C23H20N4O2.